The molecule has 112 valence electrons. The summed E-state index contributed by atoms with van der Waals surface area (Å²) in [6.07, 6.45) is 7.00. The van der Waals surface area contributed by atoms with Gasteiger partial charge in [-0.25, -0.2) is 0 Å². The van der Waals surface area contributed by atoms with Crippen LogP contribution in [-0.4, -0.2) is 12.6 Å². The summed E-state index contributed by atoms with van der Waals surface area (Å²) in [6.45, 7) is 2.83. The summed E-state index contributed by atoms with van der Waals surface area (Å²) in [6, 6.07) is 3.66. The third-order valence-corrected chi connectivity index (χ3v) is 4.65. The second-order valence-electron chi connectivity index (χ2n) is 5.58. The molecule has 1 aromatic rings. The standard InChI is InChI=1S/C16H23Cl2NO/c1-2-11-3-5-14(6-4-11)20-16-12(7-8-19)9-13(17)10-15(16)18/h9-11,14H,2-8,19H2,1H3. The van der Waals surface area contributed by atoms with Gasteiger partial charge in [-0.15, -0.1) is 0 Å². The molecule has 1 aliphatic carbocycles. The Hall–Kier alpha value is -0.440. The lowest BCUT2D eigenvalue weighted by Gasteiger charge is -2.29. The molecule has 0 aliphatic heterocycles. The van der Waals surface area contributed by atoms with Crippen molar-refractivity contribution in [3.05, 3.63) is 27.7 Å². The van der Waals surface area contributed by atoms with Gasteiger partial charge in [-0.3, -0.25) is 0 Å². The minimum atomic E-state index is 0.271. The second kappa shape index (κ2) is 7.53. The first kappa shape index (κ1) is 15.9. The number of nitrogens with two attached hydrogens (primary N) is 1. The van der Waals surface area contributed by atoms with Crippen LogP contribution >= 0.6 is 23.2 Å². The maximum absolute atomic E-state index is 6.30. The first-order valence-corrected chi connectivity index (χ1v) is 8.24. The summed E-state index contributed by atoms with van der Waals surface area (Å²) in [5.74, 6) is 1.64. The van der Waals surface area contributed by atoms with Gasteiger partial charge >= 0.3 is 0 Å². The van der Waals surface area contributed by atoms with Crippen molar-refractivity contribution in [3.8, 4) is 5.75 Å². The van der Waals surface area contributed by atoms with Gasteiger partial charge in [0.25, 0.3) is 0 Å². The predicted molar refractivity (Wildman–Crippen MR) is 85.9 cm³/mol. The molecule has 0 atom stereocenters. The van der Waals surface area contributed by atoms with E-state index in [2.05, 4.69) is 6.92 Å². The molecule has 2 N–H and O–H groups in total. The van der Waals surface area contributed by atoms with Crippen LogP contribution in [0.1, 0.15) is 44.6 Å². The van der Waals surface area contributed by atoms with Crippen molar-refractivity contribution >= 4 is 23.2 Å². The lowest BCUT2D eigenvalue weighted by molar-refractivity contribution is 0.129. The van der Waals surface area contributed by atoms with Crippen LogP contribution in [0.15, 0.2) is 12.1 Å². The minimum absolute atomic E-state index is 0.271. The summed E-state index contributed by atoms with van der Waals surface area (Å²) in [5, 5.41) is 1.24. The summed E-state index contributed by atoms with van der Waals surface area (Å²) < 4.78 is 6.17. The number of ether oxygens (including phenoxy) is 1. The average Bonchev–Trinajstić information content (AvgIpc) is 2.43. The van der Waals surface area contributed by atoms with Gasteiger partial charge in [-0.1, -0.05) is 36.5 Å². The second-order valence-corrected chi connectivity index (χ2v) is 6.43. The van der Waals surface area contributed by atoms with E-state index in [4.69, 9.17) is 33.7 Å². The van der Waals surface area contributed by atoms with Gasteiger partial charge < -0.3 is 10.5 Å². The summed E-state index contributed by atoms with van der Waals surface area (Å²) in [7, 11) is 0. The highest BCUT2D eigenvalue weighted by molar-refractivity contribution is 6.35. The average molecular weight is 316 g/mol. The zero-order valence-corrected chi connectivity index (χ0v) is 13.5. The molecule has 2 nitrogen and oxygen atoms in total. The van der Waals surface area contributed by atoms with Crippen molar-refractivity contribution in [2.24, 2.45) is 11.7 Å². The highest BCUT2D eigenvalue weighted by Crippen LogP contribution is 2.36. The molecule has 0 spiro atoms. The van der Waals surface area contributed by atoms with Gasteiger partial charge in [0.05, 0.1) is 11.1 Å². The zero-order chi connectivity index (χ0) is 14.5. The van der Waals surface area contributed by atoms with Crippen molar-refractivity contribution in [2.45, 2.75) is 51.6 Å². The van der Waals surface area contributed by atoms with Gasteiger partial charge in [-0.2, -0.15) is 0 Å². The Balaban J connectivity index is 2.08. The van der Waals surface area contributed by atoms with E-state index in [1.54, 1.807) is 6.07 Å². The molecule has 2 rings (SSSR count). The van der Waals surface area contributed by atoms with E-state index in [9.17, 15) is 0 Å². The van der Waals surface area contributed by atoms with Gasteiger partial charge in [-0.05, 0) is 62.3 Å². The number of halogens is 2. The number of rotatable bonds is 5. The predicted octanol–water partition coefficient (Wildman–Crippen LogP) is 4.84. The van der Waals surface area contributed by atoms with E-state index in [0.717, 1.165) is 36.5 Å². The molecule has 0 heterocycles. The van der Waals surface area contributed by atoms with Gasteiger partial charge in [0, 0.05) is 5.02 Å². The lowest BCUT2D eigenvalue weighted by atomic mass is 9.86. The fourth-order valence-electron chi connectivity index (χ4n) is 2.91. The van der Waals surface area contributed by atoms with Gasteiger partial charge in [0.2, 0.25) is 0 Å². The van der Waals surface area contributed by atoms with Crippen molar-refractivity contribution in [3.63, 3.8) is 0 Å². The molecule has 0 aromatic heterocycles. The van der Waals surface area contributed by atoms with Gasteiger partial charge in [0.15, 0.2) is 0 Å². The topological polar surface area (TPSA) is 35.2 Å². The van der Waals surface area contributed by atoms with E-state index in [1.165, 1.54) is 19.3 Å². The van der Waals surface area contributed by atoms with E-state index in [-0.39, 0.29) is 6.10 Å². The van der Waals surface area contributed by atoms with Crippen LogP contribution in [0.2, 0.25) is 10.0 Å². The number of hydrogen-bond acceptors (Lipinski definition) is 2. The Labute approximate surface area is 131 Å². The van der Waals surface area contributed by atoms with Crippen LogP contribution < -0.4 is 10.5 Å². The largest absolute Gasteiger partial charge is 0.489 e. The van der Waals surface area contributed by atoms with Crippen LogP contribution in [0.4, 0.5) is 0 Å². The quantitative estimate of drug-likeness (QED) is 0.843. The van der Waals surface area contributed by atoms with Crippen molar-refractivity contribution in [1.82, 2.24) is 0 Å². The first-order valence-electron chi connectivity index (χ1n) is 7.48. The Kier molecular flexibility index (Phi) is 6.01. The monoisotopic (exact) mass is 315 g/mol. The highest BCUT2D eigenvalue weighted by atomic mass is 35.5. The van der Waals surface area contributed by atoms with Crippen LogP contribution in [0, 0.1) is 5.92 Å². The third kappa shape index (κ3) is 4.03. The molecule has 1 fully saturated rings. The molecule has 0 radical (unpaired) electrons. The summed E-state index contributed by atoms with van der Waals surface area (Å²) in [4.78, 5) is 0. The van der Waals surface area contributed by atoms with Crippen molar-refractivity contribution < 1.29 is 4.74 Å². The normalized spacial score (nSPS) is 22.8. The molecule has 20 heavy (non-hydrogen) atoms. The summed E-state index contributed by atoms with van der Waals surface area (Å²) >= 11 is 12.4. The molecular weight excluding hydrogens is 293 g/mol. The Morgan fingerprint density at radius 2 is 1.90 bits per heavy atom. The Bertz CT molecular complexity index is 442. The summed E-state index contributed by atoms with van der Waals surface area (Å²) in [5.41, 5.74) is 6.67. The molecule has 1 aromatic carbocycles. The molecule has 4 heteroatoms. The maximum Gasteiger partial charge on any atom is 0.141 e. The SMILES string of the molecule is CCC1CCC(Oc2c(Cl)cc(Cl)cc2CCN)CC1. The van der Waals surface area contributed by atoms with E-state index >= 15 is 0 Å². The number of hydrogen-bond donors (Lipinski definition) is 1. The van der Waals surface area contributed by atoms with Crippen LogP contribution in [0.5, 0.6) is 5.75 Å². The van der Waals surface area contributed by atoms with Crippen LogP contribution in [-0.2, 0) is 6.42 Å². The fraction of sp³-hybridized carbons (Fsp3) is 0.625. The zero-order valence-electron chi connectivity index (χ0n) is 12.0. The lowest BCUT2D eigenvalue weighted by Crippen LogP contribution is -2.24. The van der Waals surface area contributed by atoms with E-state index in [0.29, 0.717) is 16.6 Å². The van der Waals surface area contributed by atoms with Crippen LogP contribution in [0.3, 0.4) is 0 Å². The van der Waals surface area contributed by atoms with Crippen molar-refractivity contribution in [2.75, 3.05) is 6.54 Å². The molecule has 0 amide bonds. The highest BCUT2D eigenvalue weighted by Gasteiger charge is 2.23. The van der Waals surface area contributed by atoms with Gasteiger partial charge in [0.1, 0.15) is 5.75 Å². The Morgan fingerprint density at radius 1 is 1.20 bits per heavy atom. The molecule has 1 aliphatic rings. The van der Waals surface area contributed by atoms with Crippen molar-refractivity contribution in [1.29, 1.82) is 0 Å². The number of benzene rings is 1. The Morgan fingerprint density at radius 3 is 2.50 bits per heavy atom. The molecule has 0 unspecified atom stereocenters. The van der Waals surface area contributed by atoms with E-state index in [1.807, 2.05) is 6.07 Å². The van der Waals surface area contributed by atoms with Crippen LogP contribution in [0.25, 0.3) is 0 Å². The maximum atomic E-state index is 6.30. The molecule has 1 saturated carbocycles. The fourth-order valence-corrected chi connectivity index (χ4v) is 3.49. The molecular formula is C16H23Cl2NO. The third-order valence-electron chi connectivity index (χ3n) is 4.15. The van der Waals surface area contributed by atoms with E-state index < -0.39 is 0 Å². The smallest absolute Gasteiger partial charge is 0.141 e. The minimum Gasteiger partial charge on any atom is -0.489 e. The first-order chi connectivity index (χ1) is 9.63. The molecule has 0 saturated heterocycles. The molecule has 0 bridgehead atoms.